The Morgan fingerprint density at radius 2 is 2.19 bits per heavy atom. The van der Waals surface area contributed by atoms with Crippen molar-refractivity contribution in [2.45, 2.75) is 26.7 Å². The fourth-order valence-corrected chi connectivity index (χ4v) is 4.62. The lowest BCUT2D eigenvalue weighted by Crippen LogP contribution is -2.41. The summed E-state index contributed by atoms with van der Waals surface area (Å²) in [5.74, 6) is 0.954. The van der Waals surface area contributed by atoms with Gasteiger partial charge in [0.05, 0.1) is 16.1 Å². The van der Waals surface area contributed by atoms with Crippen LogP contribution in [0.15, 0.2) is 36.5 Å². The van der Waals surface area contributed by atoms with Crippen LogP contribution in [0, 0.1) is 19.8 Å². The van der Waals surface area contributed by atoms with Gasteiger partial charge in [-0.15, -0.1) is 0 Å². The molecule has 1 saturated heterocycles. The number of benzene rings is 1. The van der Waals surface area contributed by atoms with Gasteiger partial charge in [-0.05, 0) is 56.0 Å². The molecule has 4 rings (SSSR count). The van der Waals surface area contributed by atoms with Gasteiger partial charge < -0.3 is 10.2 Å². The predicted molar refractivity (Wildman–Crippen MR) is 107 cm³/mol. The highest BCUT2D eigenvalue weighted by atomic mass is 32.1. The summed E-state index contributed by atoms with van der Waals surface area (Å²) in [4.78, 5) is 24.0. The van der Waals surface area contributed by atoms with Gasteiger partial charge in [0.2, 0.25) is 5.91 Å². The van der Waals surface area contributed by atoms with E-state index in [1.165, 1.54) is 5.56 Å². The van der Waals surface area contributed by atoms with E-state index in [9.17, 15) is 4.79 Å². The highest BCUT2D eigenvalue weighted by Crippen LogP contribution is 2.30. The number of piperidine rings is 1. The first-order valence-electron chi connectivity index (χ1n) is 8.95. The molecule has 1 fully saturated rings. The number of hydrogen-bond donors (Lipinski definition) is 1. The van der Waals surface area contributed by atoms with Crippen molar-refractivity contribution in [2.75, 3.05) is 23.3 Å². The molecule has 0 spiro atoms. The molecule has 1 N–H and O–H groups in total. The van der Waals surface area contributed by atoms with E-state index in [0.29, 0.717) is 11.7 Å². The average Bonchev–Trinajstić information content (AvgIpc) is 3.05. The quantitative estimate of drug-likeness (QED) is 0.756. The molecule has 2 aromatic heterocycles. The van der Waals surface area contributed by atoms with Crippen molar-refractivity contribution in [1.29, 1.82) is 0 Å². The minimum Gasteiger partial charge on any atom is -0.356 e. The summed E-state index contributed by atoms with van der Waals surface area (Å²) in [7, 11) is 0. The zero-order valence-electron chi connectivity index (χ0n) is 15.0. The Hall–Kier alpha value is -2.47. The molecule has 1 aliphatic heterocycles. The summed E-state index contributed by atoms with van der Waals surface area (Å²) in [6.07, 6.45) is 3.69. The Morgan fingerprint density at radius 1 is 1.31 bits per heavy atom. The molecule has 0 radical (unpaired) electrons. The van der Waals surface area contributed by atoms with E-state index in [4.69, 9.17) is 0 Å². The van der Waals surface area contributed by atoms with Crippen molar-refractivity contribution in [3.05, 3.63) is 47.7 Å². The molecule has 134 valence electrons. The van der Waals surface area contributed by atoms with Crippen LogP contribution in [0.25, 0.3) is 10.2 Å². The molecule has 0 bridgehead atoms. The number of amides is 1. The van der Waals surface area contributed by atoms with Crippen LogP contribution < -0.4 is 10.2 Å². The lowest BCUT2D eigenvalue weighted by Gasteiger charge is -2.32. The second kappa shape index (κ2) is 7.03. The number of carbonyl (C=O) groups excluding carboxylic acids is 1. The largest absolute Gasteiger partial charge is 0.356 e. The van der Waals surface area contributed by atoms with Crippen LogP contribution in [0.1, 0.15) is 24.0 Å². The summed E-state index contributed by atoms with van der Waals surface area (Å²) in [5, 5.41) is 3.73. The summed E-state index contributed by atoms with van der Waals surface area (Å²) in [6.45, 7) is 5.79. The number of aryl methyl sites for hydroxylation is 2. The van der Waals surface area contributed by atoms with Gasteiger partial charge in [-0.3, -0.25) is 4.79 Å². The number of aromatic nitrogens is 2. The summed E-state index contributed by atoms with van der Waals surface area (Å²) < 4.78 is 1.12. The zero-order valence-corrected chi connectivity index (χ0v) is 15.8. The van der Waals surface area contributed by atoms with E-state index in [1.54, 1.807) is 17.5 Å². The highest BCUT2D eigenvalue weighted by Gasteiger charge is 2.27. The number of carbonyl (C=O) groups is 1. The number of pyridine rings is 1. The monoisotopic (exact) mass is 366 g/mol. The van der Waals surface area contributed by atoms with E-state index >= 15 is 0 Å². The maximum Gasteiger partial charge on any atom is 0.231 e. The van der Waals surface area contributed by atoms with E-state index in [1.807, 2.05) is 18.2 Å². The van der Waals surface area contributed by atoms with Gasteiger partial charge in [0.1, 0.15) is 5.82 Å². The number of nitrogens with zero attached hydrogens (tertiary/aromatic N) is 3. The lowest BCUT2D eigenvalue weighted by atomic mass is 9.97. The number of rotatable bonds is 3. The highest BCUT2D eigenvalue weighted by molar-refractivity contribution is 7.22. The minimum absolute atomic E-state index is 0.0411. The van der Waals surface area contributed by atoms with Gasteiger partial charge in [-0.25, -0.2) is 9.97 Å². The minimum atomic E-state index is -0.0411. The molecule has 1 atom stereocenters. The number of fused-ring (bicyclic) bond motifs is 1. The second-order valence-electron chi connectivity index (χ2n) is 6.91. The molecule has 1 aromatic carbocycles. The van der Waals surface area contributed by atoms with Gasteiger partial charge in [0.25, 0.3) is 0 Å². The van der Waals surface area contributed by atoms with Crippen molar-refractivity contribution in [1.82, 2.24) is 9.97 Å². The first-order valence-corrected chi connectivity index (χ1v) is 9.76. The van der Waals surface area contributed by atoms with Crippen LogP contribution in [0.3, 0.4) is 0 Å². The van der Waals surface area contributed by atoms with Crippen molar-refractivity contribution < 1.29 is 4.79 Å². The molecule has 1 aliphatic rings. The van der Waals surface area contributed by atoms with Gasteiger partial charge >= 0.3 is 0 Å². The van der Waals surface area contributed by atoms with E-state index in [2.05, 4.69) is 46.2 Å². The number of thiazole rings is 1. The van der Waals surface area contributed by atoms with Gasteiger partial charge in [-0.1, -0.05) is 23.5 Å². The van der Waals surface area contributed by atoms with Crippen molar-refractivity contribution >= 4 is 38.4 Å². The van der Waals surface area contributed by atoms with Gasteiger partial charge in [0.15, 0.2) is 5.13 Å². The Morgan fingerprint density at radius 3 is 3.00 bits per heavy atom. The molecule has 26 heavy (non-hydrogen) atoms. The molecule has 6 heteroatoms. The maximum atomic E-state index is 12.8. The fourth-order valence-electron chi connectivity index (χ4n) is 3.57. The van der Waals surface area contributed by atoms with Crippen molar-refractivity contribution in [2.24, 2.45) is 5.92 Å². The Kier molecular flexibility index (Phi) is 4.59. The molecule has 1 amide bonds. The molecule has 3 heterocycles. The molecular formula is C20H22N4OS. The average molecular weight is 366 g/mol. The van der Waals surface area contributed by atoms with Gasteiger partial charge in [0, 0.05) is 19.3 Å². The molecule has 3 aromatic rings. The SMILES string of the molecule is Cc1cc(C)c2nc(NC(=O)[C@@H]3CCCN(c4ccccn4)C3)sc2c1. The van der Waals surface area contributed by atoms with Crippen LogP contribution in [-0.4, -0.2) is 29.0 Å². The molecule has 0 saturated carbocycles. The Labute approximate surface area is 157 Å². The first kappa shape index (κ1) is 17.0. The Bertz CT molecular complexity index is 938. The zero-order chi connectivity index (χ0) is 18.1. The third-order valence-corrected chi connectivity index (χ3v) is 5.74. The van der Waals surface area contributed by atoms with Crippen molar-refractivity contribution in [3.63, 3.8) is 0 Å². The Balaban J connectivity index is 1.48. The topological polar surface area (TPSA) is 58.1 Å². The summed E-state index contributed by atoms with van der Waals surface area (Å²) in [5.41, 5.74) is 3.35. The second-order valence-corrected chi connectivity index (χ2v) is 7.94. The standard InChI is InChI=1S/C20H22N4OS/c1-13-10-14(2)18-16(11-13)26-20(22-18)23-19(25)15-6-5-9-24(12-15)17-7-3-4-8-21-17/h3-4,7-8,10-11,15H,5-6,9,12H2,1-2H3,(H,22,23,25)/t15-/m1/s1. The van der Waals surface area contributed by atoms with Crippen LogP contribution in [-0.2, 0) is 4.79 Å². The van der Waals surface area contributed by atoms with Crippen LogP contribution in [0.5, 0.6) is 0 Å². The van der Waals surface area contributed by atoms with Crippen molar-refractivity contribution in [3.8, 4) is 0 Å². The summed E-state index contributed by atoms with van der Waals surface area (Å²) in [6, 6.07) is 10.1. The fraction of sp³-hybridized carbons (Fsp3) is 0.350. The normalized spacial score (nSPS) is 17.5. The smallest absolute Gasteiger partial charge is 0.231 e. The van der Waals surface area contributed by atoms with E-state index < -0.39 is 0 Å². The molecule has 5 nitrogen and oxygen atoms in total. The third-order valence-electron chi connectivity index (χ3n) is 4.83. The number of anilines is 2. The van der Waals surface area contributed by atoms with E-state index in [-0.39, 0.29) is 11.8 Å². The van der Waals surface area contributed by atoms with Gasteiger partial charge in [-0.2, -0.15) is 0 Å². The predicted octanol–water partition coefficient (Wildman–Crippen LogP) is 4.16. The third kappa shape index (κ3) is 3.42. The van der Waals surface area contributed by atoms with Crippen LogP contribution in [0.4, 0.5) is 10.9 Å². The van der Waals surface area contributed by atoms with E-state index in [0.717, 1.165) is 41.0 Å². The number of hydrogen-bond acceptors (Lipinski definition) is 5. The van der Waals surface area contributed by atoms with Crippen LogP contribution in [0.2, 0.25) is 0 Å². The maximum absolute atomic E-state index is 12.8. The number of nitrogens with one attached hydrogen (secondary N) is 1. The molecular weight excluding hydrogens is 344 g/mol. The molecule has 0 unspecified atom stereocenters. The first-order chi connectivity index (χ1) is 12.6. The van der Waals surface area contributed by atoms with Crippen LogP contribution >= 0.6 is 11.3 Å². The summed E-state index contributed by atoms with van der Waals surface area (Å²) >= 11 is 1.55. The molecule has 0 aliphatic carbocycles. The lowest BCUT2D eigenvalue weighted by molar-refractivity contribution is -0.120.